The van der Waals surface area contributed by atoms with Gasteiger partial charge in [-0.2, -0.15) is 0 Å². The van der Waals surface area contributed by atoms with Crippen molar-refractivity contribution >= 4 is 6.21 Å². The highest BCUT2D eigenvalue weighted by Gasteiger charge is 2.14. The molecular weight excluding hydrogens is 158 g/mol. The zero-order valence-electron chi connectivity index (χ0n) is 9.46. The van der Waals surface area contributed by atoms with Crippen molar-refractivity contribution in [3.8, 4) is 0 Å². The highest BCUT2D eigenvalue weighted by atomic mass is 14.7. The van der Waals surface area contributed by atoms with Gasteiger partial charge in [-0.1, -0.05) is 39.8 Å². The van der Waals surface area contributed by atoms with E-state index < -0.39 is 0 Å². The van der Waals surface area contributed by atoms with E-state index in [9.17, 15) is 0 Å². The van der Waals surface area contributed by atoms with Crippen molar-refractivity contribution in [2.24, 2.45) is 10.4 Å². The Labute approximate surface area is 82.3 Å². The average molecular weight is 179 g/mol. The molecule has 0 aromatic heterocycles. The number of hydrogen-bond acceptors (Lipinski definition) is 1. The van der Waals surface area contributed by atoms with Crippen LogP contribution in [-0.2, 0) is 0 Å². The third-order valence-electron chi connectivity index (χ3n) is 1.66. The van der Waals surface area contributed by atoms with E-state index in [1.807, 2.05) is 25.3 Å². The van der Waals surface area contributed by atoms with Gasteiger partial charge in [0.25, 0.3) is 0 Å². The smallest absolute Gasteiger partial charge is 0.0417 e. The highest BCUT2D eigenvalue weighted by Crippen LogP contribution is 2.26. The zero-order valence-corrected chi connectivity index (χ0v) is 9.46. The second-order valence-electron chi connectivity index (χ2n) is 4.05. The lowest BCUT2D eigenvalue weighted by atomic mass is 9.91. The van der Waals surface area contributed by atoms with Gasteiger partial charge < -0.3 is 0 Å². The number of allylic oxidation sites excluding steroid dienone is 4. The van der Waals surface area contributed by atoms with Gasteiger partial charge in [-0.25, -0.2) is 0 Å². The minimum absolute atomic E-state index is 0.147. The van der Waals surface area contributed by atoms with Gasteiger partial charge in [0.05, 0.1) is 0 Å². The van der Waals surface area contributed by atoms with Crippen LogP contribution in [-0.4, -0.2) is 6.21 Å². The molecule has 1 heteroatoms. The summed E-state index contributed by atoms with van der Waals surface area (Å²) in [5.41, 5.74) is 1.31. The van der Waals surface area contributed by atoms with Gasteiger partial charge in [-0.3, -0.25) is 4.99 Å². The Balaban J connectivity index is 4.55. The second-order valence-corrected chi connectivity index (χ2v) is 4.05. The molecule has 0 rings (SSSR count). The van der Waals surface area contributed by atoms with Crippen LogP contribution in [0.4, 0.5) is 0 Å². The molecule has 0 atom stereocenters. The summed E-state index contributed by atoms with van der Waals surface area (Å²) < 4.78 is 0. The average Bonchev–Trinajstić information content (AvgIpc) is 2.01. The molecule has 0 saturated heterocycles. The summed E-state index contributed by atoms with van der Waals surface area (Å²) in [5, 5.41) is 0. The first-order valence-corrected chi connectivity index (χ1v) is 4.88. The molecule has 0 fully saturated rings. The lowest BCUT2D eigenvalue weighted by molar-refractivity contribution is 0.496. The minimum Gasteiger partial charge on any atom is -0.261 e. The van der Waals surface area contributed by atoms with E-state index in [-0.39, 0.29) is 5.41 Å². The van der Waals surface area contributed by atoms with Gasteiger partial charge in [-0.15, -0.1) is 0 Å². The maximum Gasteiger partial charge on any atom is 0.0417 e. The van der Waals surface area contributed by atoms with Gasteiger partial charge in [0, 0.05) is 17.3 Å². The van der Waals surface area contributed by atoms with Gasteiger partial charge in [0.2, 0.25) is 0 Å². The van der Waals surface area contributed by atoms with Crippen LogP contribution < -0.4 is 0 Å². The molecule has 74 valence electrons. The standard InChI is InChI=1S/C12H21N/c1-6-8-10-13-11(9-7-2)12(3,4)5/h6,8-10H,7H2,1-5H3/b8-6-,11-9+,13-10+. The number of rotatable bonds is 3. The largest absolute Gasteiger partial charge is 0.261 e. The van der Waals surface area contributed by atoms with Crippen LogP contribution in [0.1, 0.15) is 41.0 Å². The van der Waals surface area contributed by atoms with Crippen molar-refractivity contribution in [1.29, 1.82) is 0 Å². The molecule has 1 nitrogen and oxygen atoms in total. The Bertz CT molecular complexity index is 214. The summed E-state index contributed by atoms with van der Waals surface area (Å²) in [4.78, 5) is 4.42. The molecule has 0 aliphatic rings. The van der Waals surface area contributed by atoms with E-state index in [0.29, 0.717) is 0 Å². The second kappa shape index (κ2) is 5.74. The number of hydrogen-bond donors (Lipinski definition) is 0. The minimum atomic E-state index is 0.147. The molecule has 0 aromatic carbocycles. The summed E-state index contributed by atoms with van der Waals surface area (Å²) in [7, 11) is 0. The van der Waals surface area contributed by atoms with E-state index in [0.717, 1.165) is 12.1 Å². The summed E-state index contributed by atoms with van der Waals surface area (Å²) in [6.45, 7) is 10.7. The SMILES string of the molecule is C\C=C/C=N/C(=C/CC)C(C)(C)C. The fraction of sp³-hybridized carbons (Fsp3) is 0.583. The molecule has 0 aliphatic heterocycles. The summed E-state index contributed by atoms with van der Waals surface area (Å²) in [5.74, 6) is 0. The van der Waals surface area contributed by atoms with E-state index in [2.05, 4.69) is 38.8 Å². The Morgan fingerprint density at radius 3 is 2.31 bits per heavy atom. The molecule has 0 radical (unpaired) electrons. The van der Waals surface area contributed by atoms with Crippen molar-refractivity contribution in [2.75, 3.05) is 0 Å². The van der Waals surface area contributed by atoms with Crippen molar-refractivity contribution in [3.63, 3.8) is 0 Å². The van der Waals surface area contributed by atoms with Crippen LogP contribution >= 0.6 is 0 Å². The molecule has 0 aromatic rings. The topological polar surface area (TPSA) is 12.4 Å². The van der Waals surface area contributed by atoms with Crippen LogP contribution in [0, 0.1) is 5.41 Å². The first-order chi connectivity index (χ1) is 6.02. The normalized spacial score (nSPS) is 14.7. The van der Waals surface area contributed by atoms with Gasteiger partial charge in [0.15, 0.2) is 0 Å². The van der Waals surface area contributed by atoms with Crippen LogP contribution in [0.3, 0.4) is 0 Å². The molecule has 0 amide bonds. The third-order valence-corrected chi connectivity index (χ3v) is 1.66. The maximum absolute atomic E-state index is 4.42. The molecule has 0 saturated carbocycles. The molecule has 0 spiro atoms. The molecule has 0 unspecified atom stereocenters. The van der Waals surface area contributed by atoms with Crippen LogP contribution in [0.2, 0.25) is 0 Å². The van der Waals surface area contributed by atoms with Crippen molar-refractivity contribution in [3.05, 3.63) is 23.9 Å². The number of nitrogens with zero attached hydrogens (tertiary/aromatic N) is 1. The monoisotopic (exact) mass is 179 g/mol. The summed E-state index contributed by atoms with van der Waals surface area (Å²) in [6.07, 6.45) is 9.01. The van der Waals surface area contributed by atoms with E-state index in [1.165, 1.54) is 0 Å². The highest BCUT2D eigenvalue weighted by molar-refractivity contribution is 5.72. The van der Waals surface area contributed by atoms with Crippen LogP contribution in [0.15, 0.2) is 28.9 Å². The van der Waals surface area contributed by atoms with Gasteiger partial charge >= 0.3 is 0 Å². The van der Waals surface area contributed by atoms with E-state index in [4.69, 9.17) is 0 Å². The summed E-state index contributed by atoms with van der Waals surface area (Å²) >= 11 is 0. The zero-order chi connectivity index (χ0) is 10.3. The van der Waals surface area contributed by atoms with Crippen molar-refractivity contribution in [1.82, 2.24) is 0 Å². The molecular formula is C12H21N. The Morgan fingerprint density at radius 1 is 1.31 bits per heavy atom. The third kappa shape index (κ3) is 5.40. The Morgan fingerprint density at radius 2 is 1.92 bits per heavy atom. The lowest BCUT2D eigenvalue weighted by Crippen LogP contribution is -2.07. The van der Waals surface area contributed by atoms with Crippen LogP contribution in [0.25, 0.3) is 0 Å². The Kier molecular flexibility index (Phi) is 5.36. The fourth-order valence-electron chi connectivity index (χ4n) is 0.955. The predicted octanol–water partition coefficient (Wildman–Crippen LogP) is 3.97. The maximum atomic E-state index is 4.42. The molecule has 13 heavy (non-hydrogen) atoms. The molecule has 0 bridgehead atoms. The Hall–Kier alpha value is -0.850. The predicted molar refractivity (Wildman–Crippen MR) is 61.1 cm³/mol. The lowest BCUT2D eigenvalue weighted by Gasteiger charge is -2.18. The van der Waals surface area contributed by atoms with Gasteiger partial charge in [-0.05, 0) is 19.4 Å². The summed E-state index contributed by atoms with van der Waals surface area (Å²) in [6, 6.07) is 0. The molecule has 0 aliphatic carbocycles. The number of aliphatic imine (C=N–C) groups is 1. The first-order valence-electron chi connectivity index (χ1n) is 4.88. The quantitative estimate of drug-likeness (QED) is 0.581. The fourth-order valence-corrected chi connectivity index (χ4v) is 0.955. The van der Waals surface area contributed by atoms with Crippen LogP contribution in [0.5, 0.6) is 0 Å². The van der Waals surface area contributed by atoms with Crippen molar-refractivity contribution < 1.29 is 0 Å². The molecule has 0 heterocycles. The van der Waals surface area contributed by atoms with E-state index >= 15 is 0 Å². The first kappa shape index (κ1) is 12.2. The van der Waals surface area contributed by atoms with Gasteiger partial charge in [0.1, 0.15) is 0 Å². The van der Waals surface area contributed by atoms with E-state index in [1.54, 1.807) is 0 Å². The molecule has 0 N–H and O–H groups in total. The van der Waals surface area contributed by atoms with Crippen molar-refractivity contribution in [2.45, 2.75) is 41.0 Å².